The average molecular weight is 402 g/mol. The van der Waals surface area contributed by atoms with Gasteiger partial charge in [-0.1, -0.05) is 11.6 Å². The Morgan fingerprint density at radius 2 is 2.12 bits per heavy atom. The lowest BCUT2D eigenvalue weighted by molar-refractivity contribution is 0.102. The van der Waals surface area contributed by atoms with E-state index in [9.17, 15) is 4.79 Å². The van der Waals surface area contributed by atoms with E-state index in [0.717, 1.165) is 36.7 Å². The highest BCUT2D eigenvalue weighted by Gasteiger charge is 2.22. The van der Waals surface area contributed by atoms with Crippen molar-refractivity contribution in [2.75, 3.05) is 24.7 Å². The molecule has 2 aromatic rings. The normalized spacial score (nSPS) is 14.8. The van der Waals surface area contributed by atoms with E-state index in [1.807, 2.05) is 12.3 Å². The zero-order valence-electron chi connectivity index (χ0n) is 14.1. The molecule has 6 nitrogen and oxygen atoms in total. The number of aromatic nitrogens is 3. The Morgan fingerprint density at radius 3 is 2.80 bits per heavy atom. The number of rotatable bonds is 4. The van der Waals surface area contributed by atoms with Crippen molar-refractivity contribution < 1.29 is 4.79 Å². The second kappa shape index (κ2) is 8.89. The number of carbonyl (C=O) groups is 1. The standard InChI is InChI=1S/C16H20ClN5OS.ClH/c1-22-16(19-14(21-22)10-5-7-18-8-6-10)20-15(23)12-9-11(24-2)3-4-13(12)17;/h3-4,9-10,18H,5-8H2,1-2H3,(H,19,20,21,23);1H. The lowest BCUT2D eigenvalue weighted by atomic mass is 9.98. The summed E-state index contributed by atoms with van der Waals surface area (Å²) in [5, 5.41) is 11.0. The Balaban J connectivity index is 0.00000225. The van der Waals surface area contributed by atoms with E-state index in [-0.39, 0.29) is 18.3 Å². The maximum atomic E-state index is 12.5. The Hall–Kier alpha value is -1.28. The number of hydrogen-bond acceptors (Lipinski definition) is 5. The van der Waals surface area contributed by atoms with Crippen LogP contribution in [0.15, 0.2) is 23.1 Å². The number of nitrogens with zero attached hydrogens (tertiary/aromatic N) is 3. The predicted molar refractivity (Wildman–Crippen MR) is 104 cm³/mol. The summed E-state index contributed by atoms with van der Waals surface area (Å²) in [5.41, 5.74) is 0.440. The Labute approximate surface area is 162 Å². The summed E-state index contributed by atoms with van der Waals surface area (Å²) in [6.45, 7) is 1.95. The molecule has 0 radical (unpaired) electrons. The summed E-state index contributed by atoms with van der Waals surface area (Å²) in [5.74, 6) is 1.30. The van der Waals surface area contributed by atoms with Crippen LogP contribution in [0.4, 0.5) is 5.95 Å². The lowest BCUT2D eigenvalue weighted by Gasteiger charge is -2.19. The van der Waals surface area contributed by atoms with Gasteiger partial charge in [-0.15, -0.1) is 24.2 Å². The Morgan fingerprint density at radius 1 is 1.40 bits per heavy atom. The van der Waals surface area contributed by atoms with E-state index in [2.05, 4.69) is 20.7 Å². The minimum absolute atomic E-state index is 0. The molecule has 1 aromatic carbocycles. The largest absolute Gasteiger partial charge is 0.317 e. The topological polar surface area (TPSA) is 71.8 Å². The number of halogens is 2. The molecule has 1 fully saturated rings. The maximum Gasteiger partial charge on any atom is 0.259 e. The molecule has 1 aliphatic heterocycles. The summed E-state index contributed by atoms with van der Waals surface area (Å²) in [6.07, 6.45) is 3.98. The second-order valence-electron chi connectivity index (χ2n) is 5.74. The van der Waals surface area contributed by atoms with Gasteiger partial charge >= 0.3 is 0 Å². The third kappa shape index (κ3) is 4.67. The number of nitrogens with one attached hydrogen (secondary N) is 2. The van der Waals surface area contributed by atoms with Crippen LogP contribution >= 0.6 is 35.8 Å². The molecule has 0 saturated carbocycles. The van der Waals surface area contributed by atoms with E-state index in [1.165, 1.54) is 0 Å². The van der Waals surface area contributed by atoms with Gasteiger partial charge in [-0.05, 0) is 50.4 Å². The highest BCUT2D eigenvalue weighted by molar-refractivity contribution is 7.98. The number of anilines is 1. The fourth-order valence-electron chi connectivity index (χ4n) is 2.74. The van der Waals surface area contributed by atoms with Crippen LogP contribution in [0.1, 0.15) is 34.9 Å². The van der Waals surface area contributed by atoms with Gasteiger partial charge in [0.2, 0.25) is 5.95 Å². The monoisotopic (exact) mass is 401 g/mol. The van der Waals surface area contributed by atoms with Gasteiger partial charge in [0.25, 0.3) is 5.91 Å². The molecule has 1 aliphatic rings. The highest BCUT2D eigenvalue weighted by Crippen LogP contribution is 2.25. The Kier molecular flexibility index (Phi) is 7.13. The van der Waals surface area contributed by atoms with Gasteiger partial charge in [-0.2, -0.15) is 10.1 Å². The number of benzene rings is 1. The first kappa shape index (κ1) is 20.0. The fraction of sp³-hybridized carbons (Fsp3) is 0.438. The minimum Gasteiger partial charge on any atom is -0.317 e. The molecule has 1 aromatic heterocycles. The molecule has 2 heterocycles. The molecule has 1 saturated heterocycles. The van der Waals surface area contributed by atoms with E-state index >= 15 is 0 Å². The molecule has 0 aliphatic carbocycles. The Bertz CT molecular complexity index is 746. The molecule has 2 N–H and O–H groups in total. The van der Waals surface area contributed by atoms with Gasteiger partial charge in [0.1, 0.15) is 0 Å². The first-order valence-electron chi connectivity index (χ1n) is 7.85. The van der Waals surface area contributed by atoms with Gasteiger partial charge in [0.05, 0.1) is 10.6 Å². The maximum absolute atomic E-state index is 12.5. The van der Waals surface area contributed by atoms with Crippen molar-refractivity contribution in [2.45, 2.75) is 23.7 Å². The summed E-state index contributed by atoms with van der Waals surface area (Å²) >= 11 is 7.72. The molecule has 3 rings (SSSR count). The third-order valence-corrected chi connectivity index (χ3v) is 5.18. The van der Waals surface area contributed by atoms with Gasteiger partial charge in [-0.25, -0.2) is 4.68 Å². The highest BCUT2D eigenvalue weighted by atomic mass is 35.5. The molecule has 136 valence electrons. The number of carbonyl (C=O) groups excluding carboxylic acids is 1. The van der Waals surface area contributed by atoms with Gasteiger partial charge < -0.3 is 5.32 Å². The number of hydrogen-bond donors (Lipinski definition) is 2. The molecular formula is C16H21Cl2N5OS. The fourth-order valence-corrected chi connectivity index (χ4v) is 3.38. The van der Waals surface area contributed by atoms with Gasteiger partial charge in [0, 0.05) is 17.9 Å². The van der Waals surface area contributed by atoms with Crippen molar-refractivity contribution >= 4 is 47.6 Å². The smallest absolute Gasteiger partial charge is 0.259 e. The van der Waals surface area contributed by atoms with Crippen molar-refractivity contribution in [3.05, 3.63) is 34.6 Å². The van der Waals surface area contributed by atoms with Crippen LogP contribution in [0.5, 0.6) is 0 Å². The van der Waals surface area contributed by atoms with Crippen LogP contribution in [-0.4, -0.2) is 40.0 Å². The SMILES string of the molecule is CSc1ccc(Cl)c(C(=O)Nc2nc(C3CCNCC3)nn2C)c1.Cl. The summed E-state index contributed by atoms with van der Waals surface area (Å²) in [7, 11) is 1.78. The van der Waals surface area contributed by atoms with Crippen molar-refractivity contribution in [3.8, 4) is 0 Å². The number of aryl methyl sites for hydroxylation is 1. The third-order valence-electron chi connectivity index (χ3n) is 4.13. The molecule has 9 heteroatoms. The van der Waals surface area contributed by atoms with E-state index in [0.29, 0.717) is 22.5 Å². The van der Waals surface area contributed by atoms with Crippen LogP contribution < -0.4 is 10.6 Å². The second-order valence-corrected chi connectivity index (χ2v) is 7.03. The van der Waals surface area contributed by atoms with Crippen LogP contribution in [0.25, 0.3) is 0 Å². The zero-order chi connectivity index (χ0) is 17.1. The van der Waals surface area contributed by atoms with Crippen molar-refractivity contribution in [1.29, 1.82) is 0 Å². The minimum atomic E-state index is -0.275. The van der Waals surface area contributed by atoms with Gasteiger partial charge in [-0.3, -0.25) is 10.1 Å². The summed E-state index contributed by atoms with van der Waals surface area (Å²) in [4.78, 5) is 18.0. The van der Waals surface area contributed by atoms with E-state index in [1.54, 1.807) is 35.6 Å². The van der Waals surface area contributed by atoms with Crippen molar-refractivity contribution in [3.63, 3.8) is 0 Å². The van der Waals surface area contributed by atoms with Gasteiger partial charge in [0.15, 0.2) is 5.82 Å². The molecule has 0 unspecified atom stereocenters. The molecule has 25 heavy (non-hydrogen) atoms. The first-order valence-corrected chi connectivity index (χ1v) is 9.45. The predicted octanol–water partition coefficient (Wildman–Crippen LogP) is 3.33. The number of piperidine rings is 1. The first-order chi connectivity index (χ1) is 11.6. The summed E-state index contributed by atoms with van der Waals surface area (Å²) < 4.78 is 1.61. The average Bonchev–Trinajstić information content (AvgIpc) is 2.97. The van der Waals surface area contributed by atoms with Crippen molar-refractivity contribution in [2.24, 2.45) is 7.05 Å². The van der Waals surface area contributed by atoms with Crippen LogP contribution in [0, 0.1) is 0 Å². The summed E-state index contributed by atoms with van der Waals surface area (Å²) in [6, 6.07) is 5.41. The number of thioether (sulfide) groups is 1. The molecule has 0 spiro atoms. The van der Waals surface area contributed by atoms with E-state index in [4.69, 9.17) is 11.6 Å². The quantitative estimate of drug-likeness (QED) is 0.768. The van der Waals surface area contributed by atoms with Crippen molar-refractivity contribution in [1.82, 2.24) is 20.1 Å². The lowest BCUT2D eigenvalue weighted by Crippen LogP contribution is -2.27. The van der Waals surface area contributed by atoms with Crippen LogP contribution in [0.3, 0.4) is 0 Å². The van der Waals surface area contributed by atoms with Crippen LogP contribution in [0.2, 0.25) is 5.02 Å². The molecule has 0 atom stereocenters. The number of amides is 1. The molecule has 1 amide bonds. The van der Waals surface area contributed by atoms with E-state index < -0.39 is 0 Å². The molecule has 0 bridgehead atoms. The molecular weight excluding hydrogens is 381 g/mol. The van der Waals surface area contributed by atoms with Crippen LogP contribution in [-0.2, 0) is 7.05 Å². The zero-order valence-corrected chi connectivity index (χ0v) is 16.5.